The molecule has 0 aromatic rings. The van der Waals surface area contributed by atoms with Gasteiger partial charge in [0.15, 0.2) is 5.96 Å². The van der Waals surface area contributed by atoms with Crippen LogP contribution in [0.3, 0.4) is 0 Å². The van der Waals surface area contributed by atoms with E-state index in [1.54, 1.807) is 19.0 Å². The highest BCUT2D eigenvalue weighted by atomic mass is 16.2. The number of nitrogens with zero attached hydrogens (tertiary/aromatic N) is 3. The van der Waals surface area contributed by atoms with E-state index in [0.29, 0.717) is 12.1 Å². The highest BCUT2D eigenvalue weighted by Gasteiger charge is 2.21. The van der Waals surface area contributed by atoms with Gasteiger partial charge in [-0.1, -0.05) is 13.3 Å². The monoisotopic (exact) mass is 325 g/mol. The van der Waals surface area contributed by atoms with Crippen molar-refractivity contribution < 1.29 is 4.79 Å². The van der Waals surface area contributed by atoms with E-state index in [1.807, 2.05) is 0 Å². The fourth-order valence-electron chi connectivity index (χ4n) is 2.58. The lowest BCUT2D eigenvalue weighted by Gasteiger charge is -2.35. The van der Waals surface area contributed by atoms with E-state index in [1.165, 1.54) is 0 Å². The zero-order valence-electron chi connectivity index (χ0n) is 15.6. The maximum absolute atomic E-state index is 11.7. The number of carbonyl (C=O) groups is 1. The molecule has 0 radical (unpaired) electrons. The molecule has 1 fully saturated rings. The topological polar surface area (TPSA) is 60.0 Å². The molecule has 1 amide bonds. The minimum atomic E-state index is 0.0243. The van der Waals surface area contributed by atoms with E-state index < -0.39 is 0 Å². The van der Waals surface area contributed by atoms with Crippen LogP contribution in [0.2, 0.25) is 0 Å². The van der Waals surface area contributed by atoms with Crippen LogP contribution in [0.4, 0.5) is 0 Å². The Morgan fingerprint density at radius 2 is 1.96 bits per heavy atom. The van der Waals surface area contributed by atoms with Crippen LogP contribution in [-0.4, -0.2) is 74.0 Å². The number of carbonyl (C=O) groups excluding carboxylic acids is 1. The molecule has 1 heterocycles. The van der Waals surface area contributed by atoms with E-state index in [0.717, 1.165) is 51.3 Å². The van der Waals surface area contributed by atoms with Crippen molar-refractivity contribution in [3.8, 4) is 0 Å². The number of unbranched alkanes of at least 4 members (excludes halogenated alkanes) is 1. The van der Waals surface area contributed by atoms with E-state index in [2.05, 4.69) is 41.3 Å². The lowest BCUT2D eigenvalue weighted by atomic mass is 10.0. The predicted molar refractivity (Wildman–Crippen MR) is 96.8 cm³/mol. The number of likely N-dealkylation sites (tertiary alicyclic amines) is 1. The van der Waals surface area contributed by atoms with Crippen LogP contribution in [0.1, 0.15) is 46.5 Å². The van der Waals surface area contributed by atoms with Crippen molar-refractivity contribution in [2.75, 3.05) is 40.3 Å². The Hall–Kier alpha value is -1.30. The Morgan fingerprint density at radius 3 is 2.48 bits per heavy atom. The zero-order valence-corrected chi connectivity index (χ0v) is 15.6. The van der Waals surface area contributed by atoms with Gasteiger partial charge < -0.3 is 20.4 Å². The molecule has 1 saturated heterocycles. The van der Waals surface area contributed by atoms with E-state index >= 15 is 0 Å². The summed E-state index contributed by atoms with van der Waals surface area (Å²) >= 11 is 0. The molecule has 0 aliphatic carbocycles. The highest BCUT2D eigenvalue weighted by Crippen LogP contribution is 2.12. The Kier molecular flexibility index (Phi) is 8.99. The summed E-state index contributed by atoms with van der Waals surface area (Å²) in [6, 6.07) is 1.05. The minimum Gasteiger partial charge on any atom is -0.356 e. The largest absolute Gasteiger partial charge is 0.356 e. The molecule has 2 N–H and O–H groups in total. The van der Waals surface area contributed by atoms with Crippen molar-refractivity contribution in [2.24, 2.45) is 4.99 Å². The van der Waals surface area contributed by atoms with Gasteiger partial charge in [0, 0.05) is 45.8 Å². The summed E-state index contributed by atoms with van der Waals surface area (Å²) in [7, 11) is 3.52. The zero-order chi connectivity index (χ0) is 17.2. The summed E-state index contributed by atoms with van der Waals surface area (Å²) in [6.45, 7) is 9.99. The van der Waals surface area contributed by atoms with Crippen molar-refractivity contribution in [3.63, 3.8) is 0 Å². The number of nitrogens with one attached hydrogen (secondary N) is 2. The van der Waals surface area contributed by atoms with Gasteiger partial charge in [-0.15, -0.1) is 0 Å². The van der Waals surface area contributed by atoms with Crippen molar-refractivity contribution >= 4 is 11.9 Å². The van der Waals surface area contributed by atoms with Crippen LogP contribution < -0.4 is 10.6 Å². The molecule has 0 aromatic heterocycles. The molecule has 0 spiro atoms. The number of amides is 1. The smallest absolute Gasteiger partial charge is 0.243 e. The van der Waals surface area contributed by atoms with Crippen molar-refractivity contribution in [2.45, 2.75) is 58.5 Å². The van der Waals surface area contributed by atoms with Gasteiger partial charge in [0.1, 0.15) is 6.54 Å². The van der Waals surface area contributed by atoms with Gasteiger partial charge in [-0.3, -0.25) is 4.79 Å². The maximum atomic E-state index is 11.7. The van der Waals surface area contributed by atoms with Gasteiger partial charge in [0.2, 0.25) is 5.91 Å². The summed E-state index contributed by atoms with van der Waals surface area (Å²) in [4.78, 5) is 20.3. The molecule has 0 atom stereocenters. The lowest BCUT2D eigenvalue weighted by molar-refractivity contribution is -0.127. The summed E-state index contributed by atoms with van der Waals surface area (Å²) in [5.41, 5.74) is 0. The molecule has 23 heavy (non-hydrogen) atoms. The van der Waals surface area contributed by atoms with Crippen molar-refractivity contribution in [3.05, 3.63) is 0 Å². The maximum Gasteiger partial charge on any atom is 0.243 e. The van der Waals surface area contributed by atoms with Gasteiger partial charge in [-0.05, 0) is 33.1 Å². The molecule has 6 heteroatoms. The number of hydrogen-bond acceptors (Lipinski definition) is 3. The standard InChI is InChI=1S/C17H35N5O/c1-6-7-10-18-17(19-13-16(23)21(4)5)20-15-8-11-22(12-9-15)14(2)3/h14-15H,6-13H2,1-5H3,(H2,18,19,20). The minimum absolute atomic E-state index is 0.0243. The van der Waals surface area contributed by atoms with Gasteiger partial charge >= 0.3 is 0 Å². The van der Waals surface area contributed by atoms with Gasteiger partial charge in [0.05, 0.1) is 0 Å². The number of guanidine groups is 1. The number of likely N-dealkylation sites (N-methyl/N-ethyl adjacent to an activating group) is 1. The van der Waals surface area contributed by atoms with Crippen LogP contribution in [0.15, 0.2) is 4.99 Å². The summed E-state index contributed by atoms with van der Waals surface area (Å²) in [5, 5.41) is 6.86. The first-order chi connectivity index (χ1) is 10.9. The highest BCUT2D eigenvalue weighted by molar-refractivity contribution is 5.84. The average Bonchev–Trinajstić information content (AvgIpc) is 2.52. The molecule has 1 aliphatic heterocycles. The van der Waals surface area contributed by atoms with Crippen LogP contribution in [0.5, 0.6) is 0 Å². The Labute approximate surface area is 141 Å². The molecule has 0 unspecified atom stereocenters. The molecule has 1 rings (SSSR count). The lowest BCUT2D eigenvalue weighted by Crippen LogP contribution is -2.50. The second kappa shape index (κ2) is 10.5. The molecule has 0 bridgehead atoms. The van der Waals surface area contributed by atoms with Gasteiger partial charge in [-0.25, -0.2) is 4.99 Å². The SMILES string of the molecule is CCCCNC(=NCC(=O)N(C)C)NC1CCN(C(C)C)CC1. The molecule has 6 nitrogen and oxygen atoms in total. The van der Waals surface area contributed by atoms with Crippen molar-refractivity contribution in [1.82, 2.24) is 20.4 Å². The molecular weight excluding hydrogens is 290 g/mol. The summed E-state index contributed by atoms with van der Waals surface area (Å²) < 4.78 is 0. The summed E-state index contributed by atoms with van der Waals surface area (Å²) in [5.74, 6) is 0.799. The third-order valence-corrected chi connectivity index (χ3v) is 4.29. The van der Waals surface area contributed by atoms with Crippen LogP contribution in [-0.2, 0) is 4.79 Å². The predicted octanol–water partition coefficient (Wildman–Crippen LogP) is 1.28. The second-order valence-electron chi connectivity index (χ2n) is 6.78. The normalized spacial score (nSPS) is 17.4. The van der Waals surface area contributed by atoms with E-state index in [9.17, 15) is 4.79 Å². The molecule has 0 saturated carbocycles. The molecule has 0 aromatic carbocycles. The second-order valence-corrected chi connectivity index (χ2v) is 6.78. The van der Waals surface area contributed by atoms with Crippen LogP contribution in [0, 0.1) is 0 Å². The Bertz CT molecular complexity index is 373. The van der Waals surface area contributed by atoms with Crippen LogP contribution in [0.25, 0.3) is 0 Å². The molecular formula is C17H35N5O. The number of rotatable bonds is 7. The van der Waals surface area contributed by atoms with E-state index in [4.69, 9.17) is 0 Å². The number of piperidine rings is 1. The third kappa shape index (κ3) is 7.68. The quantitative estimate of drug-likeness (QED) is 0.421. The Morgan fingerprint density at radius 1 is 1.30 bits per heavy atom. The molecule has 1 aliphatic rings. The third-order valence-electron chi connectivity index (χ3n) is 4.29. The number of hydrogen-bond donors (Lipinski definition) is 2. The Balaban J connectivity index is 2.52. The van der Waals surface area contributed by atoms with E-state index in [-0.39, 0.29) is 12.5 Å². The van der Waals surface area contributed by atoms with Crippen molar-refractivity contribution in [1.29, 1.82) is 0 Å². The fourth-order valence-corrected chi connectivity index (χ4v) is 2.58. The van der Waals surface area contributed by atoms with Crippen LogP contribution >= 0.6 is 0 Å². The number of aliphatic imine (C=N–C) groups is 1. The first-order valence-electron chi connectivity index (χ1n) is 8.93. The average molecular weight is 326 g/mol. The molecule has 134 valence electrons. The van der Waals surface area contributed by atoms with Gasteiger partial charge in [-0.2, -0.15) is 0 Å². The first kappa shape index (κ1) is 19.7. The first-order valence-corrected chi connectivity index (χ1v) is 8.93. The fraction of sp³-hybridized carbons (Fsp3) is 0.882. The van der Waals surface area contributed by atoms with Gasteiger partial charge in [0.25, 0.3) is 0 Å². The summed E-state index contributed by atoms with van der Waals surface area (Å²) in [6.07, 6.45) is 4.49.